The highest BCUT2D eigenvalue weighted by atomic mass is 16.5. The first kappa shape index (κ1) is 16.5. The van der Waals surface area contributed by atoms with Crippen LogP contribution in [-0.2, 0) is 13.1 Å². The predicted molar refractivity (Wildman–Crippen MR) is 95.2 cm³/mol. The third-order valence-corrected chi connectivity index (χ3v) is 4.42. The van der Waals surface area contributed by atoms with Crippen LogP contribution < -0.4 is 9.30 Å². The third kappa shape index (κ3) is 3.44. The van der Waals surface area contributed by atoms with E-state index in [-0.39, 0.29) is 6.61 Å². The van der Waals surface area contributed by atoms with Crippen molar-refractivity contribution < 1.29 is 14.4 Å². The van der Waals surface area contributed by atoms with Gasteiger partial charge in [-0.15, -0.1) is 0 Å². The van der Waals surface area contributed by atoms with Crippen LogP contribution in [0.1, 0.15) is 18.1 Å². The van der Waals surface area contributed by atoms with Crippen molar-refractivity contribution in [2.45, 2.75) is 40.0 Å². The smallest absolute Gasteiger partial charge is 0.244 e. The first-order valence-electron chi connectivity index (χ1n) is 8.44. The van der Waals surface area contributed by atoms with Crippen LogP contribution in [-0.4, -0.2) is 22.4 Å². The van der Waals surface area contributed by atoms with Crippen molar-refractivity contribution in [3.05, 3.63) is 59.9 Å². The molecule has 0 aliphatic rings. The molecule has 3 rings (SSSR count). The zero-order chi connectivity index (χ0) is 17.1. The van der Waals surface area contributed by atoms with E-state index in [0.29, 0.717) is 6.54 Å². The van der Waals surface area contributed by atoms with Gasteiger partial charge in [-0.05, 0) is 56.2 Å². The van der Waals surface area contributed by atoms with E-state index >= 15 is 0 Å². The first-order valence-corrected chi connectivity index (χ1v) is 8.44. The molecule has 0 saturated heterocycles. The topological polar surface area (TPSA) is 38.3 Å². The number of aliphatic hydroxyl groups excluding tert-OH is 1. The zero-order valence-electron chi connectivity index (χ0n) is 14.6. The maximum atomic E-state index is 10.4. The Balaban J connectivity index is 1.78. The molecule has 0 spiro atoms. The number of fused-ring (bicyclic) bond motifs is 1. The SMILES string of the molecule is CCn1c[n+](C[C@@H](O)COc2ccccc2)c2cc(C)c(C)cc21. The number of benzene rings is 2. The molecule has 4 nitrogen and oxygen atoms in total. The van der Waals surface area contributed by atoms with E-state index in [2.05, 4.69) is 48.4 Å². The Morgan fingerprint density at radius 3 is 2.54 bits per heavy atom. The van der Waals surface area contributed by atoms with Crippen LogP contribution in [0.2, 0.25) is 0 Å². The average molecular weight is 325 g/mol. The maximum Gasteiger partial charge on any atom is 0.244 e. The van der Waals surface area contributed by atoms with Gasteiger partial charge in [0.25, 0.3) is 0 Å². The molecule has 3 aromatic rings. The van der Waals surface area contributed by atoms with Crippen molar-refractivity contribution in [3.8, 4) is 5.75 Å². The fourth-order valence-electron chi connectivity index (χ4n) is 2.92. The summed E-state index contributed by atoms with van der Waals surface area (Å²) in [5.74, 6) is 0.781. The van der Waals surface area contributed by atoms with Crippen molar-refractivity contribution in [1.82, 2.24) is 4.57 Å². The molecule has 126 valence electrons. The summed E-state index contributed by atoms with van der Waals surface area (Å²) in [6, 6.07) is 14.0. The lowest BCUT2D eigenvalue weighted by molar-refractivity contribution is -0.679. The molecule has 0 aliphatic heterocycles. The van der Waals surface area contributed by atoms with Gasteiger partial charge in [-0.2, -0.15) is 0 Å². The monoisotopic (exact) mass is 325 g/mol. The van der Waals surface area contributed by atoms with Crippen LogP contribution in [0.25, 0.3) is 11.0 Å². The number of aliphatic hydroxyl groups is 1. The minimum atomic E-state index is -0.562. The number of rotatable bonds is 6. The second-order valence-electron chi connectivity index (χ2n) is 6.26. The summed E-state index contributed by atoms with van der Waals surface area (Å²) in [6.07, 6.45) is 1.52. The van der Waals surface area contributed by atoms with Gasteiger partial charge >= 0.3 is 0 Å². The largest absolute Gasteiger partial charge is 0.491 e. The molecule has 24 heavy (non-hydrogen) atoms. The first-order chi connectivity index (χ1) is 11.6. The number of nitrogens with zero attached hydrogens (tertiary/aromatic N) is 2. The predicted octanol–water partition coefficient (Wildman–Crippen LogP) is 3.01. The minimum Gasteiger partial charge on any atom is -0.491 e. The molecule has 0 unspecified atom stereocenters. The Bertz CT molecular complexity index is 825. The molecule has 0 saturated carbocycles. The highest BCUT2D eigenvalue weighted by Gasteiger charge is 2.19. The number of hydrogen-bond donors (Lipinski definition) is 1. The molecular weight excluding hydrogens is 300 g/mol. The second kappa shape index (κ2) is 7.05. The van der Waals surface area contributed by atoms with E-state index in [1.807, 2.05) is 30.3 Å². The lowest BCUT2D eigenvalue weighted by Crippen LogP contribution is -2.41. The van der Waals surface area contributed by atoms with Crippen LogP contribution >= 0.6 is 0 Å². The minimum absolute atomic E-state index is 0.278. The van der Waals surface area contributed by atoms with Gasteiger partial charge in [-0.3, -0.25) is 0 Å². The van der Waals surface area contributed by atoms with E-state index < -0.39 is 6.10 Å². The number of hydrogen-bond acceptors (Lipinski definition) is 2. The quantitative estimate of drug-likeness (QED) is 0.708. The number of para-hydroxylation sites is 1. The van der Waals surface area contributed by atoms with E-state index in [1.165, 1.54) is 16.6 Å². The van der Waals surface area contributed by atoms with E-state index in [4.69, 9.17) is 4.74 Å². The van der Waals surface area contributed by atoms with Gasteiger partial charge < -0.3 is 9.84 Å². The lowest BCUT2D eigenvalue weighted by atomic mass is 10.1. The summed E-state index contributed by atoms with van der Waals surface area (Å²) >= 11 is 0. The number of aryl methyl sites for hydroxylation is 3. The molecule has 2 aromatic carbocycles. The maximum absolute atomic E-state index is 10.4. The van der Waals surface area contributed by atoms with Gasteiger partial charge in [0.05, 0.1) is 6.54 Å². The van der Waals surface area contributed by atoms with Crippen LogP contribution in [0.15, 0.2) is 48.8 Å². The average Bonchev–Trinajstić information content (AvgIpc) is 2.91. The zero-order valence-corrected chi connectivity index (χ0v) is 14.6. The molecule has 0 amide bonds. The van der Waals surface area contributed by atoms with Crippen molar-refractivity contribution >= 4 is 11.0 Å². The summed E-state index contributed by atoms with van der Waals surface area (Å²) in [5.41, 5.74) is 4.91. The lowest BCUT2D eigenvalue weighted by Gasteiger charge is -2.11. The molecule has 1 atom stereocenters. The van der Waals surface area contributed by atoms with Gasteiger partial charge in [0.15, 0.2) is 11.0 Å². The molecule has 0 bridgehead atoms. The molecule has 1 N–H and O–H groups in total. The summed E-state index contributed by atoms with van der Waals surface area (Å²) in [7, 11) is 0. The van der Waals surface area contributed by atoms with Crippen LogP contribution in [0, 0.1) is 13.8 Å². The fraction of sp³-hybridized carbons (Fsp3) is 0.350. The highest BCUT2D eigenvalue weighted by Crippen LogP contribution is 2.17. The highest BCUT2D eigenvalue weighted by molar-refractivity contribution is 5.74. The Hall–Kier alpha value is -2.33. The summed E-state index contributed by atoms with van der Waals surface area (Å²) in [5, 5.41) is 10.4. The normalized spacial score (nSPS) is 12.5. The molecule has 0 fully saturated rings. The molecule has 4 heteroatoms. The van der Waals surface area contributed by atoms with Crippen molar-refractivity contribution in [1.29, 1.82) is 0 Å². The summed E-state index contributed by atoms with van der Waals surface area (Å²) in [6.45, 7) is 8.09. The Morgan fingerprint density at radius 2 is 1.83 bits per heavy atom. The molecule has 0 radical (unpaired) electrons. The molecule has 1 aromatic heterocycles. The molecule has 1 heterocycles. The molecule has 0 aliphatic carbocycles. The van der Waals surface area contributed by atoms with Crippen molar-refractivity contribution in [2.24, 2.45) is 0 Å². The van der Waals surface area contributed by atoms with Crippen LogP contribution in [0.5, 0.6) is 5.75 Å². The van der Waals surface area contributed by atoms with Crippen LogP contribution in [0.4, 0.5) is 0 Å². The number of imidazole rings is 1. The second-order valence-corrected chi connectivity index (χ2v) is 6.26. The van der Waals surface area contributed by atoms with Gasteiger partial charge in [-0.1, -0.05) is 18.2 Å². The number of ether oxygens (including phenoxy) is 1. The Labute approximate surface area is 142 Å². The fourth-order valence-corrected chi connectivity index (χ4v) is 2.92. The Morgan fingerprint density at radius 1 is 1.12 bits per heavy atom. The van der Waals surface area contributed by atoms with Gasteiger partial charge in [0, 0.05) is 0 Å². The van der Waals surface area contributed by atoms with Gasteiger partial charge in [-0.25, -0.2) is 9.13 Å². The van der Waals surface area contributed by atoms with Crippen LogP contribution in [0.3, 0.4) is 0 Å². The van der Waals surface area contributed by atoms with E-state index in [1.54, 1.807) is 0 Å². The third-order valence-electron chi connectivity index (χ3n) is 4.42. The summed E-state index contributed by atoms with van der Waals surface area (Å²) in [4.78, 5) is 0. The number of aromatic nitrogens is 2. The summed E-state index contributed by atoms with van der Waals surface area (Å²) < 4.78 is 9.99. The van der Waals surface area contributed by atoms with Gasteiger partial charge in [0.2, 0.25) is 6.33 Å². The Kier molecular flexibility index (Phi) is 4.86. The van der Waals surface area contributed by atoms with E-state index in [9.17, 15) is 5.11 Å². The standard InChI is InChI=1S/C20H25N2O2/c1-4-21-14-22(20-11-16(3)15(2)10-19(20)21)12-17(23)13-24-18-8-6-5-7-9-18/h5-11,14,17,23H,4,12-13H2,1-3H3/q+1/t17-/m1/s1. The van der Waals surface area contributed by atoms with Crippen molar-refractivity contribution in [3.63, 3.8) is 0 Å². The van der Waals surface area contributed by atoms with Crippen molar-refractivity contribution in [2.75, 3.05) is 6.61 Å². The molecular formula is C20H25N2O2+. The van der Waals surface area contributed by atoms with E-state index in [0.717, 1.165) is 17.8 Å². The van der Waals surface area contributed by atoms with Gasteiger partial charge in [0.1, 0.15) is 25.0 Å².